The molecular formula is C15H26N4O2. The first-order valence-corrected chi connectivity index (χ1v) is 7.69. The van der Waals surface area contributed by atoms with Gasteiger partial charge in [0.2, 0.25) is 0 Å². The molecule has 0 radical (unpaired) electrons. The highest BCUT2D eigenvalue weighted by Gasteiger charge is 2.16. The molecule has 1 aliphatic heterocycles. The van der Waals surface area contributed by atoms with Crippen LogP contribution in [0.25, 0.3) is 0 Å². The number of hydrogen-bond acceptors (Lipinski definition) is 6. The molecule has 0 bridgehead atoms. The van der Waals surface area contributed by atoms with Crippen LogP contribution in [0.1, 0.15) is 20.8 Å². The van der Waals surface area contributed by atoms with Gasteiger partial charge in [-0.1, -0.05) is 13.8 Å². The Balaban J connectivity index is 2.01. The van der Waals surface area contributed by atoms with Crippen molar-refractivity contribution in [3.05, 3.63) is 12.4 Å². The lowest BCUT2D eigenvalue weighted by atomic mass is 10.1. The lowest BCUT2D eigenvalue weighted by Gasteiger charge is -2.28. The van der Waals surface area contributed by atoms with Crippen LogP contribution < -0.4 is 10.2 Å². The molecule has 0 aromatic carbocycles. The van der Waals surface area contributed by atoms with Gasteiger partial charge in [-0.15, -0.1) is 0 Å². The summed E-state index contributed by atoms with van der Waals surface area (Å²) in [5.74, 6) is 2.28. The summed E-state index contributed by atoms with van der Waals surface area (Å²) in [6, 6.07) is 2.25. The normalized spacial score (nSPS) is 17.0. The summed E-state index contributed by atoms with van der Waals surface area (Å²) in [6.45, 7) is 11.1. The number of nitrogens with one attached hydrogen (secondary N) is 1. The Hall–Kier alpha value is -1.40. The maximum Gasteiger partial charge on any atom is 0.134 e. The zero-order chi connectivity index (χ0) is 15.1. The van der Waals surface area contributed by atoms with E-state index in [-0.39, 0.29) is 6.04 Å². The van der Waals surface area contributed by atoms with Crippen molar-refractivity contribution in [2.75, 3.05) is 49.7 Å². The lowest BCUT2D eigenvalue weighted by Crippen LogP contribution is -2.37. The molecule has 1 atom stereocenters. The summed E-state index contributed by atoms with van der Waals surface area (Å²) >= 11 is 0. The molecule has 1 aliphatic rings. The predicted octanol–water partition coefficient (Wildman–Crippen LogP) is 1.79. The van der Waals surface area contributed by atoms with E-state index in [9.17, 15) is 0 Å². The van der Waals surface area contributed by atoms with E-state index in [4.69, 9.17) is 9.47 Å². The van der Waals surface area contributed by atoms with Crippen molar-refractivity contribution in [2.45, 2.75) is 26.8 Å². The van der Waals surface area contributed by atoms with Gasteiger partial charge < -0.3 is 19.7 Å². The highest BCUT2D eigenvalue weighted by atomic mass is 16.5. The van der Waals surface area contributed by atoms with Crippen molar-refractivity contribution in [3.63, 3.8) is 0 Å². The first-order valence-electron chi connectivity index (χ1n) is 7.69. The third kappa shape index (κ3) is 4.82. The summed E-state index contributed by atoms with van der Waals surface area (Å²) in [5.41, 5.74) is 0. The molecule has 6 nitrogen and oxygen atoms in total. The highest BCUT2D eigenvalue weighted by Crippen LogP contribution is 2.17. The van der Waals surface area contributed by atoms with E-state index in [0.29, 0.717) is 12.5 Å². The summed E-state index contributed by atoms with van der Waals surface area (Å²) in [5, 5.41) is 3.46. The summed E-state index contributed by atoms with van der Waals surface area (Å²) in [6.07, 6.45) is 1.62. The maximum atomic E-state index is 5.54. The molecule has 118 valence electrons. The van der Waals surface area contributed by atoms with Crippen molar-refractivity contribution < 1.29 is 9.47 Å². The predicted molar refractivity (Wildman–Crippen MR) is 83.8 cm³/mol. The van der Waals surface area contributed by atoms with Crippen molar-refractivity contribution >= 4 is 11.6 Å². The third-order valence-electron chi connectivity index (χ3n) is 3.63. The van der Waals surface area contributed by atoms with Gasteiger partial charge in [-0.25, -0.2) is 9.97 Å². The summed E-state index contributed by atoms with van der Waals surface area (Å²) in [4.78, 5) is 10.9. The van der Waals surface area contributed by atoms with Crippen LogP contribution in [-0.2, 0) is 9.47 Å². The van der Waals surface area contributed by atoms with E-state index in [1.807, 2.05) is 13.0 Å². The van der Waals surface area contributed by atoms with Crippen molar-refractivity contribution in [1.29, 1.82) is 0 Å². The molecule has 0 spiro atoms. The Kier molecular flexibility index (Phi) is 6.20. The maximum absolute atomic E-state index is 5.54. The quantitative estimate of drug-likeness (QED) is 0.827. The molecule has 0 aliphatic carbocycles. The molecule has 1 aromatic heterocycles. The topological polar surface area (TPSA) is 59.5 Å². The van der Waals surface area contributed by atoms with Crippen LogP contribution in [0.3, 0.4) is 0 Å². The minimum Gasteiger partial charge on any atom is -0.380 e. The highest BCUT2D eigenvalue weighted by molar-refractivity contribution is 5.49. The number of nitrogens with zero attached hydrogens (tertiary/aromatic N) is 3. The van der Waals surface area contributed by atoms with Gasteiger partial charge in [0.05, 0.1) is 25.9 Å². The van der Waals surface area contributed by atoms with Crippen molar-refractivity contribution in [3.8, 4) is 0 Å². The number of hydrogen-bond donors (Lipinski definition) is 1. The molecule has 0 saturated carbocycles. The van der Waals surface area contributed by atoms with Crippen LogP contribution in [0.4, 0.5) is 11.6 Å². The first-order chi connectivity index (χ1) is 10.2. The van der Waals surface area contributed by atoms with Crippen LogP contribution in [0.5, 0.6) is 0 Å². The molecule has 1 fully saturated rings. The second kappa shape index (κ2) is 8.14. The molecule has 1 unspecified atom stereocenters. The molecule has 6 heteroatoms. The standard InChI is InChI=1S/C15H26N4O2/c1-4-20-10-13(12(2)3)18-14-9-15(17-11-16-14)19-5-7-21-8-6-19/h9,11-13H,4-8,10H2,1-3H3,(H,16,17,18). The van der Waals surface area contributed by atoms with Crippen LogP contribution in [0.15, 0.2) is 12.4 Å². The fourth-order valence-corrected chi connectivity index (χ4v) is 2.23. The van der Waals surface area contributed by atoms with Crippen LogP contribution >= 0.6 is 0 Å². The Labute approximate surface area is 126 Å². The van der Waals surface area contributed by atoms with Crippen LogP contribution in [0, 0.1) is 5.92 Å². The van der Waals surface area contributed by atoms with E-state index in [1.165, 1.54) is 0 Å². The van der Waals surface area contributed by atoms with Crippen LogP contribution in [0.2, 0.25) is 0 Å². The second-order valence-electron chi connectivity index (χ2n) is 5.52. The third-order valence-corrected chi connectivity index (χ3v) is 3.63. The first kappa shape index (κ1) is 16.0. The number of ether oxygens (including phenoxy) is 2. The Morgan fingerprint density at radius 3 is 2.76 bits per heavy atom. The lowest BCUT2D eigenvalue weighted by molar-refractivity contribution is 0.122. The molecule has 2 heterocycles. The Morgan fingerprint density at radius 2 is 2.10 bits per heavy atom. The molecule has 0 amide bonds. The summed E-state index contributed by atoms with van der Waals surface area (Å²) < 4.78 is 10.9. The van der Waals surface area contributed by atoms with E-state index >= 15 is 0 Å². The Bertz CT molecular complexity index is 422. The van der Waals surface area contributed by atoms with Gasteiger partial charge in [-0.2, -0.15) is 0 Å². The van der Waals surface area contributed by atoms with Gasteiger partial charge in [0.25, 0.3) is 0 Å². The zero-order valence-corrected chi connectivity index (χ0v) is 13.2. The molecular weight excluding hydrogens is 268 g/mol. The monoisotopic (exact) mass is 294 g/mol. The van der Waals surface area contributed by atoms with Gasteiger partial charge in [-0.05, 0) is 12.8 Å². The zero-order valence-electron chi connectivity index (χ0n) is 13.2. The van der Waals surface area contributed by atoms with Crippen molar-refractivity contribution in [2.24, 2.45) is 5.92 Å². The molecule has 2 rings (SSSR count). The smallest absolute Gasteiger partial charge is 0.134 e. The fourth-order valence-electron chi connectivity index (χ4n) is 2.23. The number of rotatable bonds is 7. The number of anilines is 2. The molecule has 1 saturated heterocycles. The second-order valence-corrected chi connectivity index (χ2v) is 5.52. The average molecular weight is 294 g/mol. The molecule has 21 heavy (non-hydrogen) atoms. The SMILES string of the molecule is CCOCC(Nc1cc(N2CCOCC2)ncn1)C(C)C. The van der Waals surface area contributed by atoms with Crippen LogP contribution in [-0.4, -0.2) is 55.5 Å². The van der Waals surface area contributed by atoms with E-state index in [1.54, 1.807) is 6.33 Å². The van der Waals surface area contributed by atoms with Gasteiger partial charge in [0.1, 0.15) is 18.0 Å². The van der Waals surface area contributed by atoms with E-state index < -0.39 is 0 Å². The van der Waals surface area contributed by atoms with Gasteiger partial charge in [-0.3, -0.25) is 0 Å². The average Bonchev–Trinajstić information content (AvgIpc) is 2.52. The fraction of sp³-hybridized carbons (Fsp3) is 0.733. The van der Waals surface area contributed by atoms with Crippen molar-refractivity contribution in [1.82, 2.24) is 9.97 Å². The molecule has 1 N–H and O–H groups in total. The molecule has 1 aromatic rings. The minimum atomic E-state index is 0.248. The Morgan fingerprint density at radius 1 is 1.33 bits per heavy atom. The number of morpholine rings is 1. The minimum absolute atomic E-state index is 0.248. The van der Waals surface area contributed by atoms with Gasteiger partial charge >= 0.3 is 0 Å². The van der Waals surface area contributed by atoms with Gasteiger partial charge in [0.15, 0.2) is 0 Å². The van der Waals surface area contributed by atoms with Gasteiger partial charge in [0, 0.05) is 25.8 Å². The summed E-state index contributed by atoms with van der Waals surface area (Å²) in [7, 11) is 0. The number of aromatic nitrogens is 2. The van der Waals surface area contributed by atoms with E-state index in [2.05, 4.69) is 34.0 Å². The largest absolute Gasteiger partial charge is 0.380 e. The van der Waals surface area contributed by atoms with E-state index in [0.717, 1.165) is 44.5 Å².